The van der Waals surface area contributed by atoms with E-state index in [1.807, 2.05) is 0 Å². The van der Waals surface area contributed by atoms with Crippen LogP contribution in [0.3, 0.4) is 0 Å². The second kappa shape index (κ2) is 7.25. The summed E-state index contributed by atoms with van der Waals surface area (Å²) < 4.78 is 11.0. The van der Waals surface area contributed by atoms with Crippen LogP contribution in [0, 0.1) is 11.3 Å². The Kier molecular flexibility index (Phi) is 5.64. The summed E-state index contributed by atoms with van der Waals surface area (Å²) in [5.74, 6) is 0.542. The molecule has 2 saturated heterocycles. The Balaban J connectivity index is 1.84. The summed E-state index contributed by atoms with van der Waals surface area (Å²) in [6.07, 6.45) is 5.90. The number of esters is 1. The van der Waals surface area contributed by atoms with E-state index in [0.717, 1.165) is 64.8 Å². The third-order valence-corrected chi connectivity index (χ3v) is 4.51. The molecule has 110 valence electrons. The highest BCUT2D eigenvalue weighted by molar-refractivity contribution is 5.77. The molecule has 0 amide bonds. The first kappa shape index (κ1) is 14.8. The monoisotopic (exact) mass is 269 g/mol. The van der Waals surface area contributed by atoms with E-state index in [9.17, 15) is 4.79 Å². The third kappa shape index (κ3) is 3.93. The van der Waals surface area contributed by atoms with Gasteiger partial charge in [-0.15, -0.1) is 0 Å². The molecule has 0 aromatic heterocycles. The van der Waals surface area contributed by atoms with Crippen LogP contribution in [0.2, 0.25) is 0 Å². The molecule has 0 aliphatic carbocycles. The van der Waals surface area contributed by atoms with E-state index in [0.29, 0.717) is 12.5 Å². The first-order chi connectivity index (χ1) is 9.27. The molecule has 4 nitrogen and oxygen atoms in total. The van der Waals surface area contributed by atoms with Gasteiger partial charge in [-0.2, -0.15) is 0 Å². The van der Waals surface area contributed by atoms with Crippen molar-refractivity contribution in [2.75, 3.05) is 32.9 Å². The van der Waals surface area contributed by atoms with Crippen molar-refractivity contribution < 1.29 is 14.3 Å². The fourth-order valence-corrected chi connectivity index (χ4v) is 3.20. The molecular formula is C15H27NO3. The van der Waals surface area contributed by atoms with Crippen LogP contribution in [0.25, 0.3) is 0 Å². The van der Waals surface area contributed by atoms with Gasteiger partial charge in [0.1, 0.15) is 0 Å². The predicted octanol–water partition coefficient (Wildman–Crippen LogP) is 2.13. The molecule has 0 spiro atoms. The number of hydrogen-bond acceptors (Lipinski definition) is 4. The molecule has 4 heteroatoms. The second-order valence-electron chi connectivity index (χ2n) is 5.93. The minimum atomic E-state index is -0.217. The summed E-state index contributed by atoms with van der Waals surface area (Å²) >= 11 is 0. The Morgan fingerprint density at radius 2 is 2.00 bits per heavy atom. The largest absolute Gasteiger partial charge is 0.465 e. The summed E-state index contributed by atoms with van der Waals surface area (Å²) in [5.41, 5.74) is -0.217. The second-order valence-corrected chi connectivity index (χ2v) is 5.93. The van der Waals surface area contributed by atoms with E-state index >= 15 is 0 Å². The van der Waals surface area contributed by atoms with Crippen molar-refractivity contribution in [2.45, 2.75) is 45.4 Å². The minimum absolute atomic E-state index is 0.0438. The predicted molar refractivity (Wildman–Crippen MR) is 73.9 cm³/mol. The normalized spacial score (nSPS) is 24.1. The third-order valence-electron chi connectivity index (χ3n) is 4.51. The molecule has 0 radical (unpaired) electrons. The van der Waals surface area contributed by atoms with Crippen LogP contribution in [0.1, 0.15) is 45.4 Å². The summed E-state index contributed by atoms with van der Waals surface area (Å²) in [5, 5.41) is 3.33. The lowest BCUT2D eigenvalue weighted by atomic mass is 9.75. The number of rotatable bonds is 5. The van der Waals surface area contributed by atoms with E-state index in [-0.39, 0.29) is 11.4 Å². The Labute approximate surface area is 116 Å². The Hall–Kier alpha value is -0.610. The van der Waals surface area contributed by atoms with E-state index in [1.54, 1.807) is 0 Å². The number of carbonyl (C=O) groups is 1. The van der Waals surface area contributed by atoms with Crippen LogP contribution in [0.5, 0.6) is 0 Å². The van der Waals surface area contributed by atoms with Crippen molar-refractivity contribution in [3.8, 4) is 0 Å². The average molecular weight is 269 g/mol. The molecule has 2 heterocycles. The zero-order valence-corrected chi connectivity index (χ0v) is 12.1. The fraction of sp³-hybridized carbons (Fsp3) is 0.933. The van der Waals surface area contributed by atoms with Crippen LogP contribution in [0.4, 0.5) is 0 Å². The topological polar surface area (TPSA) is 47.6 Å². The van der Waals surface area contributed by atoms with Gasteiger partial charge in [0.05, 0.1) is 12.0 Å². The minimum Gasteiger partial charge on any atom is -0.465 e. The van der Waals surface area contributed by atoms with Gasteiger partial charge in [0.2, 0.25) is 0 Å². The maximum atomic E-state index is 12.5. The highest BCUT2D eigenvalue weighted by Crippen LogP contribution is 2.35. The van der Waals surface area contributed by atoms with Gasteiger partial charge in [-0.1, -0.05) is 13.3 Å². The average Bonchev–Trinajstić information content (AvgIpc) is 2.47. The molecule has 2 rings (SSSR count). The molecule has 0 bridgehead atoms. The quantitative estimate of drug-likeness (QED) is 0.777. The van der Waals surface area contributed by atoms with E-state index in [2.05, 4.69) is 12.2 Å². The first-order valence-electron chi connectivity index (χ1n) is 7.72. The van der Waals surface area contributed by atoms with Gasteiger partial charge in [-0.25, -0.2) is 0 Å². The number of ether oxygens (including phenoxy) is 2. The lowest BCUT2D eigenvalue weighted by Crippen LogP contribution is -2.43. The number of hydrogen-bond donors (Lipinski definition) is 1. The molecule has 1 N–H and O–H groups in total. The summed E-state index contributed by atoms with van der Waals surface area (Å²) in [6, 6.07) is 0. The van der Waals surface area contributed by atoms with Crippen LogP contribution in [-0.4, -0.2) is 38.9 Å². The van der Waals surface area contributed by atoms with Gasteiger partial charge in [-0.05, 0) is 51.1 Å². The van der Waals surface area contributed by atoms with Crippen LogP contribution in [-0.2, 0) is 14.3 Å². The van der Waals surface area contributed by atoms with Gasteiger partial charge in [-0.3, -0.25) is 4.79 Å². The maximum Gasteiger partial charge on any atom is 0.312 e. The first-order valence-corrected chi connectivity index (χ1v) is 7.72. The molecule has 0 unspecified atom stereocenters. The molecule has 2 fully saturated rings. The number of piperidine rings is 1. The molecule has 0 atom stereocenters. The molecule has 0 saturated carbocycles. The SMILES string of the molecule is CCCC1(C(=O)OCC2CCOCC2)CCNCC1. The number of nitrogens with one attached hydrogen (secondary N) is 1. The lowest BCUT2D eigenvalue weighted by Gasteiger charge is -2.35. The van der Waals surface area contributed by atoms with Crippen molar-refractivity contribution in [2.24, 2.45) is 11.3 Å². The van der Waals surface area contributed by atoms with Gasteiger partial charge >= 0.3 is 5.97 Å². The molecule has 0 aromatic rings. The zero-order chi connectivity index (χ0) is 13.6. The fourth-order valence-electron chi connectivity index (χ4n) is 3.20. The maximum absolute atomic E-state index is 12.5. The van der Waals surface area contributed by atoms with Crippen molar-refractivity contribution in [1.82, 2.24) is 5.32 Å². The highest BCUT2D eigenvalue weighted by Gasteiger charge is 2.40. The summed E-state index contributed by atoms with van der Waals surface area (Å²) in [6.45, 7) is 6.23. The van der Waals surface area contributed by atoms with Crippen molar-refractivity contribution >= 4 is 5.97 Å². The van der Waals surface area contributed by atoms with Gasteiger partial charge in [0.25, 0.3) is 0 Å². The Bertz CT molecular complexity index is 276. The summed E-state index contributed by atoms with van der Waals surface area (Å²) in [7, 11) is 0. The zero-order valence-electron chi connectivity index (χ0n) is 12.1. The van der Waals surface area contributed by atoms with Gasteiger partial charge in [0.15, 0.2) is 0 Å². The van der Waals surface area contributed by atoms with E-state index in [1.165, 1.54) is 0 Å². The van der Waals surface area contributed by atoms with Crippen LogP contribution in [0.15, 0.2) is 0 Å². The van der Waals surface area contributed by atoms with Crippen molar-refractivity contribution in [1.29, 1.82) is 0 Å². The Morgan fingerprint density at radius 3 is 2.63 bits per heavy atom. The molecule has 19 heavy (non-hydrogen) atoms. The van der Waals surface area contributed by atoms with E-state index in [4.69, 9.17) is 9.47 Å². The van der Waals surface area contributed by atoms with E-state index < -0.39 is 0 Å². The standard InChI is InChI=1S/C15H27NO3/c1-2-5-15(6-8-16-9-7-15)14(17)19-12-13-3-10-18-11-4-13/h13,16H,2-12H2,1H3. The Morgan fingerprint density at radius 1 is 1.32 bits per heavy atom. The molecule has 2 aliphatic rings. The highest BCUT2D eigenvalue weighted by atomic mass is 16.5. The molecular weight excluding hydrogens is 242 g/mol. The molecule has 0 aromatic carbocycles. The van der Waals surface area contributed by atoms with Gasteiger partial charge < -0.3 is 14.8 Å². The van der Waals surface area contributed by atoms with Crippen molar-refractivity contribution in [3.05, 3.63) is 0 Å². The molecule has 2 aliphatic heterocycles. The lowest BCUT2D eigenvalue weighted by molar-refractivity contribution is -0.160. The van der Waals surface area contributed by atoms with Crippen molar-refractivity contribution in [3.63, 3.8) is 0 Å². The summed E-state index contributed by atoms with van der Waals surface area (Å²) in [4.78, 5) is 12.5. The van der Waals surface area contributed by atoms with Crippen LogP contribution < -0.4 is 5.32 Å². The number of carbonyl (C=O) groups excluding carboxylic acids is 1. The smallest absolute Gasteiger partial charge is 0.312 e. The van der Waals surface area contributed by atoms with Gasteiger partial charge in [0, 0.05) is 13.2 Å². The van der Waals surface area contributed by atoms with Crippen LogP contribution >= 0.6 is 0 Å².